The standard InChI is InChI=1S/C12H16N2/c1-5-7-13-9(3)12-11(13)10(4)14(12)8-6-2/h5-6,11-12H,1-4,7-8H2. The van der Waals surface area contributed by atoms with Gasteiger partial charge in [0.2, 0.25) is 0 Å². The molecule has 0 bridgehead atoms. The van der Waals surface area contributed by atoms with Crippen LogP contribution < -0.4 is 0 Å². The van der Waals surface area contributed by atoms with Crippen LogP contribution in [0.25, 0.3) is 0 Å². The molecule has 0 saturated carbocycles. The molecule has 2 unspecified atom stereocenters. The monoisotopic (exact) mass is 188 g/mol. The average Bonchev–Trinajstić information content (AvgIpc) is 2.18. The van der Waals surface area contributed by atoms with E-state index in [1.807, 2.05) is 12.2 Å². The predicted octanol–water partition coefficient (Wildman–Crippen LogP) is 1.75. The molecule has 0 spiro atoms. The Hall–Kier alpha value is -1.44. The van der Waals surface area contributed by atoms with E-state index >= 15 is 0 Å². The van der Waals surface area contributed by atoms with Crippen molar-refractivity contribution >= 4 is 0 Å². The first-order chi connectivity index (χ1) is 6.72. The Labute approximate surface area is 85.5 Å². The summed E-state index contributed by atoms with van der Waals surface area (Å²) in [7, 11) is 0. The van der Waals surface area contributed by atoms with Gasteiger partial charge in [0.1, 0.15) is 0 Å². The van der Waals surface area contributed by atoms with Gasteiger partial charge in [0, 0.05) is 24.5 Å². The Morgan fingerprint density at radius 2 is 1.29 bits per heavy atom. The highest BCUT2D eigenvalue weighted by Gasteiger charge is 2.55. The minimum absolute atomic E-state index is 0.473. The Kier molecular flexibility index (Phi) is 1.99. The molecule has 2 rings (SSSR count). The van der Waals surface area contributed by atoms with Crippen molar-refractivity contribution in [1.82, 2.24) is 9.80 Å². The van der Waals surface area contributed by atoms with Gasteiger partial charge in [-0.15, -0.1) is 13.2 Å². The maximum atomic E-state index is 4.07. The first kappa shape index (κ1) is 9.13. The molecule has 2 saturated heterocycles. The SMILES string of the molecule is C=CCN1C(=C)C2C1C(=C)N2CC=C. The number of fused-ring (bicyclic) bond motifs is 1. The lowest BCUT2D eigenvalue weighted by molar-refractivity contribution is -0.0145. The summed E-state index contributed by atoms with van der Waals surface area (Å²) in [5.74, 6) is 0. The minimum Gasteiger partial charge on any atom is -0.359 e. The number of nitrogens with zero attached hydrogens (tertiary/aromatic N) is 2. The van der Waals surface area contributed by atoms with Crippen molar-refractivity contribution in [3.63, 3.8) is 0 Å². The molecule has 2 heteroatoms. The van der Waals surface area contributed by atoms with E-state index in [0.717, 1.165) is 13.1 Å². The van der Waals surface area contributed by atoms with Crippen LogP contribution in [0.1, 0.15) is 0 Å². The van der Waals surface area contributed by atoms with Crippen LogP contribution in [-0.2, 0) is 0 Å². The van der Waals surface area contributed by atoms with Gasteiger partial charge < -0.3 is 9.80 Å². The van der Waals surface area contributed by atoms with Gasteiger partial charge >= 0.3 is 0 Å². The zero-order chi connectivity index (χ0) is 10.3. The van der Waals surface area contributed by atoms with Crippen LogP contribution in [0.15, 0.2) is 49.9 Å². The molecule has 0 aliphatic carbocycles. The van der Waals surface area contributed by atoms with Gasteiger partial charge in [0.05, 0.1) is 12.1 Å². The molecule has 2 fully saturated rings. The highest BCUT2D eigenvalue weighted by Crippen LogP contribution is 2.47. The molecule has 14 heavy (non-hydrogen) atoms. The van der Waals surface area contributed by atoms with Crippen molar-refractivity contribution in [2.75, 3.05) is 13.1 Å². The summed E-state index contributed by atoms with van der Waals surface area (Å²) in [5, 5.41) is 0. The molecular formula is C12H16N2. The summed E-state index contributed by atoms with van der Waals surface area (Å²) in [4.78, 5) is 4.50. The van der Waals surface area contributed by atoms with Gasteiger partial charge in [0.25, 0.3) is 0 Å². The molecule has 2 atom stereocenters. The molecule has 2 nitrogen and oxygen atoms in total. The molecule has 0 aromatic carbocycles. The van der Waals surface area contributed by atoms with E-state index in [1.54, 1.807) is 0 Å². The highest BCUT2D eigenvalue weighted by atomic mass is 15.4. The third kappa shape index (κ3) is 0.910. The zero-order valence-electron chi connectivity index (χ0n) is 8.45. The Morgan fingerprint density at radius 3 is 1.57 bits per heavy atom. The molecule has 0 N–H and O–H groups in total. The molecule has 2 aliphatic heterocycles. The van der Waals surface area contributed by atoms with E-state index in [-0.39, 0.29) is 0 Å². The number of hydrogen-bond donors (Lipinski definition) is 0. The third-order valence-corrected chi connectivity index (χ3v) is 3.04. The van der Waals surface area contributed by atoms with E-state index in [0.29, 0.717) is 12.1 Å². The van der Waals surface area contributed by atoms with E-state index in [2.05, 4.69) is 36.1 Å². The molecule has 0 aromatic rings. The fourth-order valence-corrected chi connectivity index (χ4v) is 2.34. The van der Waals surface area contributed by atoms with Crippen molar-refractivity contribution in [2.24, 2.45) is 0 Å². The van der Waals surface area contributed by atoms with Crippen LogP contribution in [0.4, 0.5) is 0 Å². The van der Waals surface area contributed by atoms with Gasteiger partial charge in [-0.3, -0.25) is 0 Å². The molecule has 0 radical (unpaired) electrons. The van der Waals surface area contributed by atoms with Gasteiger partial charge in [-0.05, 0) is 0 Å². The lowest BCUT2D eigenvalue weighted by atomic mass is 9.79. The number of likely N-dealkylation sites (tertiary alicyclic amines) is 2. The quantitative estimate of drug-likeness (QED) is 0.620. The van der Waals surface area contributed by atoms with E-state index < -0.39 is 0 Å². The van der Waals surface area contributed by atoms with Crippen LogP contribution in [0.5, 0.6) is 0 Å². The van der Waals surface area contributed by atoms with Crippen molar-refractivity contribution in [3.05, 3.63) is 49.9 Å². The maximum Gasteiger partial charge on any atom is 0.0944 e. The largest absolute Gasteiger partial charge is 0.359 e. The van der Waals surface area contributed by atoms with E-state index in [4.69, 9.17) is 0 Å². The number of rotatable bonds is 4. The second-order valence-corrected chi connectivity index (χ2v) is 3.75. The lowest BCUT2D eigenvalue weighted by Gasteiger charge is -2.65. The third-order valence-electron chi connectivity index (χ3n) is 3.04. The van der Waals surface area contributed by atoms with Crippen molar-refractivity contribution in [3.8, 4) is 0 Å². The second-order valence-electron chi connectivity index (χ2n) is 3.75. The summed E-state index contributed by atoms with van der Waals surface area (Å²) in [5.41, 5.74) is 2.37. The smallest absolute Gasteiger partial charge is 0.0944 e. The van der Waals surface area contributed by atoms with Crippen LogP contribution in [0.3, 0.4) is 0 Å². The first-order valence-corrected chi connectivity index (χ1v) is 4.85. The molecule has 0 amide bonds. The Morgan fingerprint density at radius 1 is 0.929 bits per heavy atom. The van der Waals surface area contributed by atoms with Crippen molar-refractivity contribution in [2.45, 2.75) is 12.1 Å². The summed E-state index contributed by atoms with van der Waals surface area (Å²) >= 11 is 0. The summed E-state index contributed by atoms with van der Waals surface area (Å²) in [6.45, 7) is 17.4. The van der Waals surface area contributed by atoms with Gasteiger partial charge in [-0.1, -0.05) is 25.3 Å². The van der Waals surface area contributed by atoms with Crippen LogP contribution >= 0.6 is 0 Å². The molecule has 2 heterocycles. The average molecular weight is 188 g/mol. The predicted molar refractivity (Wildman–Crippen MR) is 59.7 cm³/mol. The zero-order valence-corrected chi connectivity index (χ0v) is 8.45. The van der Waals surface area contributed by atoms with E-state index in [9.17, 15) is 0 Å². The minimum atomic E-state index is 0.473. The van der Waals surface area contributed by atoms with Crippen LogP contribution in [0, 0.1) is 0 Å². The highest BCUT2D eigenvalue weighted by molar-refractivity contribution is 5.41. The summed E-state index contributed by atoms with van der Waals surface area (Å²) < 4.78 is 0. The second kappa shape index (κ2) is 3.05. The van der Waals surface area contributed by atoms with Gasteiger partial charge in [0.15, 0.2) is 0 Å². The molecule has 74 valence electrons. The number of piperazine rings is 1. The fourth-order valence-electron chi connectivity index (χ4n) is 2.34. The Bertz CT molecular complexity index is 284. The lowest BCUT2D eigenvalue weighted by Crippen LogP contribution is -2.74. The van der Waals surface area contributed by atoms with Crippen LogP contribution in [0.2, 0.25) is 0 Å². The van der Waals surface area contributed by atoms with Crippen molar-refractivity contribution in [1.29, 1.82) is 0 Å². The maximum absolute atomic E-state index is 4.07. The Balaban J connectivity index is 2.04. The normalized spacial score (nSPS) is 29.1. The fraction of sp³-hybridized carbons (Fsp3) is 0.333. The van der Waals surface area contributed by atoms with Crippen molar-refractivity contribution < 1.29 is 0 Å². The summed E-state index contributed by atoms with van der Waals surface area (Å²) in [6, 6.07) is 0.945. The topological polar surface area (TPSA) is 6.48 Å². The number of hydrogen-bond acceptors (Lipinski definition) is 2. The molecule has 0 aromatic heterocycles. The van der Waals surface area contributed by atoms with Gasteiger partial charge in [-0.25, -0.2) is 0 Å². The molecule has 2 aliphatic rings. The van der Waals surface area contributed by atoms with E-state index in [1.165, 1.54) is 11.4 Å². The summed E-state index contributed by atoms with van der Waals surface area (Å²) in [6.07, 6.45) is 3.82. The van der Waals surface area contributed by atoms with Gasteiger partial charge in [-0.2, -0.15) is 0 Å². The molecular weight excluding hydrogens is 172 g/mol. The first-order valence-electron chi connectivity index (χ1n) is 4.85. The van der Waals surface area contributed by atoms with Crippen LogP contribution in [-0.4, -0.2) is 35.0 Å².